The number of benzene rings is 1. The Balaban J connectivity index is 1.91. The first-order valence-corrected chi connectivity index (χ1v) is 7.35. The van der Waals surface area contributed by atoms with Gasteiger partial charge in [0.2, 0.25) is 5.88 Å². The summed E-state index contributed by atoms with van der Waals surface area (Å²) in [6.07, 6.45) is 6.11. The zero-order valence-electron chi connectivity index (χ0n) is 10.3. The van der Waals surface area contributed by atoms with E-state index >= 15 is 0 Å². The van der Waals surface area contributed by atoms with E-state index in [1.165, 1.54) is 30.3 Å². The Kier molecular flexibility index (Phi) is 3.54. The molecule has 0 bridgehead atoms. The van der Waals surface area contributed by atoms with E-state index < -0.39 is 0 Å². The fourth-order valence-electron chi connectivity index (χ4n) is 2.32. The van der Waals surface area contributed by atoms with Crippen LogP contribution < -0.4 is 10.3 Å². The van der Waals surface area contributed by atoms with Crippen LogP contribution in [-0.2, 0) is 12.8 Å². The number of H-pyrrole nitrogens is 1. The maximum Gasteiger partial charge on any atom is 0.268 e. The summed E-state index contributed by atoms with van der Waals surface area (Å²) in [5.74, 6) is 1.11. The zero-order valence-corrected chi connectivity index (χ0v) is 12.4. The predicted octanol–water partition coefficient (Wildman–Crippen LogP) is 3.05. The molecule has 1 aliphatic carbocycles. The van der Waals surface area contributed by atoms with Crippen LogP contribution in [0.2, 0.25) is 0 Å². The molecule has 1 aliphatic rings. The molecule has 0 saturated carbocycles. The molecule has 5 heteroatoms. The molecule has 3 rings (SSSR count). The largest absolute Gasteiger partial charge is 0.438 e. The van der Waals surface area contributed by atoms with Crippen molar-refractivity contribution in [3.05, 3.63) is 49.6 Å². The van der Waals surface area contributed by atoms with Crippen LogP contribution in [0.4, 0.5) is 0 Å². The van der Waals surface area contributed by atoms with Crippen LogP contribution in [0.1, 0.15) is 24.0 Å². The first kappa shape index (κ1) is 12.7. The van der Waals surface area contributed by atoms with Crippen molar-refractivity contribution in [1.29, 1.82) is 0 Å². The molecule has 2 aromatic rings. The predicted molar refractivity (Wildman–Crippen MR) is 80.7 cm³/mol. The third-order valence-electron chi connectivity index (χ3n) is 3.30. The Morgan fingerprint density at radius 1 is 1.21 bits per heavy atom. The Bertz CT molecular complexity index is 667. The minimum absolute atomic E-state index is 0.177. The molecule has 0 unspecified atom stereocenters. The minimum atomic E-state index is -0.177. The Hall–Kier alpha value is -1.37. The second-order valence-corrected chi connectivity index (χ2v) is 5.67. The van der Waals surface area contributed by atoms with E-state index in [4.69, 9.17) is 4.74 Å². The molecule has 0 amide bonds. The highest BCUT2D eigenvalue weighted by molar-refractivity contribution is 14.1. The molecule has 1 aromatic carbocycles. The molecule has 1 aromatic heterocycles. The maximum absolute atomic E-state index is 11.5. The van der Waals surface area contributed by atoms with Crippen molar-refractivity contribution in [1.82, 2.24) is 9.97 Å². The Labute approximate surface area is 124 Å². The van der Waals surface area contributed by atoms with Gasteiger partial charge < -0.3 is 9.72 Å². The molecule has 0 aliphatic heterocycles. The Morgan fingerprint density at radius 2 is 2.00 bits per heavy atom. The van der Waals surface area contributed by atoms with Crippen molar-refractivity contribution < 1.29 is 4.74 Å². The van der Waals surface area contributed by atoms with Crippen molar-refractivity contribution in [3.63, 3.8) is 0 Å². The van der Waals surface area contributed by atoms with Crippen LogP contribution in [0.3, 0.4) is 0 Å². The molecule has 0 radical (unpaired) electrons. The lowest BCUT2D eigenvalue weighted by Gasteiger charge is -2.16. The minimum Gasteiger partial charge on any atom is -0.438 e. The second kappa shape index (κ2) is 5.32. The van der Waals surface area contributed by atoms with Gasteiger partial charge in [0.15, 0.2) is 0 Å². The number of nitrogens with zero attached hydrogens (tertiary/aromatic N) is 1. The molecule has 4 nitrogen and oxygen atoms in total. The van der Waals surface area contributed by atoms with Crippen molar-refractivity contribution in [3.8, 4) is 11.6 Å². The van der Waals surface area contributed by atoms with Gasteiger partial charge >= 0.3 is 0 Å². The van der Waals surface area contributed by atoms with E-state index in [9.17, 15) is 4.79 Å². The molecule has 1 N–H and O–H groups in total. The van der Waals surface area contributed by atoms with Crippen LogP contribution in [0, 0.1) is 3.57 Å². The summed E-state index contributed by atoms with van der Waals surface area (Å²) in [7, 11) is 0. The summed E-state index contributed by atoms with van der Waals surface area (Å²) >= 11 is 1.94. The van der Waals surface area contributed by atoms with E-state index in [0.29, 0.717) is 9.45 Å². The average Bonchev–Trinajstić information content (AvgIpc) is 2.44. The van der Waals surface area contributed by atoms with Gasteiger partial charge in [0.25, 0.3) is 5.56 Å². The van der Waals surface area contributed by atoms with E-state index in [2.05, 4.69) is 22.1 Å². The van der Waals surface area contributed by atoms with Crippen LogP contribution in [0.15, 0.2) is 29.3 Å². The van der Waals surface area contributed by atoms with Crippen LogP contribution >= 0.6 is 22.6 Å². The molecule has 0 saturated heterocycles. The van der Waals surface area contributed by atoms with Gasteiger partial charge in [0, 0.05) is 0 Å². The summed E-state index contributed by atoms with van der Waals surface area (Å²) in [6.45, 7) is 0. The first-order valence-electron chi connectivity index (χ1n) is 6.27. The maximum atomic E-state index is 11.5. The van der Waals surface area contributed by atoms with E-state index in [0.717, 1.165) is 18.6 Å². The number of fused-ring (bicyclic) bond motifs is 1. The number of ether oxygens (including phenoxy) is 1. The smallest absolute Gasteiger partial charge is 0.268 e. The summed E-state index contributed by atoms with van der Waals surface area (Å²) < 4.78 is 6.19. The van der Waals surface area contributed by atoms with Gasteiger partial charge in [-0.05, 0) is 71.5 Å². The highest BCUT2D eigenvalue weighted by Gasteiger charge is 2.12. The van der Waals surface area contributed by atoms with Gasteiger partial charge in [0.1, 0.15) is 9.32 Å². The normalized spacial score (nSPS) is 13.9. The molecule has 1 heterocycles. The average molecular weight is 368 g/mol. The van der Waals surface area contributed by atoms with Gasteiger partial charge in [0.05, 0.1) is 6.33 Å². The van der Waals surface area contributed by atoms with E-state index in [-0.39, 0.29) is 5.56 Å². The zero-order chi connectivity index (χ0) is 13.2. The Morgan fingerprint density at radius 3 is 2.84 bits per heavy atom. The van der Waals surface area contributed by atoms with Crippen molar-refractivity contribution >= 4 is 22.6 Å². The number of nitrogens with one attached hydrogen (secondary N) is 1. The number of aromatic amines is 1. The molecule has 98 valence electrons. The SMILES string of the molecule is O=c1[nH]cnc(Oc2ccc3c(c2)CCCC3)c1I. The summed E-state index contributed by atoms with van der Waals surface area (Å²) in [5.41, 5.74) is 2.58. The number of aromatic nitrogens is 2. The number of hydrogen-bond donors (Lipinski definition) is 1. The van der Waals surface area contributed by atoms with Gasteiger partial charge in [-0.25, -0.2) is 4.98 Å². The fraction of sp³-hybridized carbons (Fsp3) is 0.286. The fourth-order valence-corrected chi connectivity index (χ4v) is 2.73. The lowest BCUT2D eigenvalue weighted by molar-refractivity contribution is 0.455. The number of hydrogen-bond acceptors (Lipinski definition) is 3. The van der Waals surface area contributed by atoms with Crippen LogP contribution in [-0.4, -0.2) is 9.97 Å². The lowest BCUT2D eigenvalue weighted by Crippen LogP contribution is -2.11. The third kappa shape index (κ3) is 2.65. The standard InChI is InChI=1S/C14H13IN2O2/c15-12-13(18)16-8-17-14(12)19-11-6-5-9-3-1-2-4-10(9)7-11/h5-8H,1-4H2,(H,16,17,18). The summed E-state index contributed by atoms with van der Waals surface area (Å²) in [4.78, 5) is 18.1. The summed E-state index contributed by atoms with van der Waals surface area (Å²) in [5, 5.41) is 0. The molecular weight excluding hydrogens is 355 g/mol. The highest BCUT2D eigenvalue weighted by atomic mass is 127. The number of aryl methyl sites for hydroxylation is 2. The van der Waals surface area contributed by atoms with Crippen molar-refractivity contribution in [2.75, 3.05) is 0 Å². The van der Waals surface area contributed by atoms with Crippen LogP contribution in [0.25, 0.3) is 0 Å². The van der Waals surface area contributed by atoms with Crippen LogP contribution in [0.5, 0.6) is 11.6 Å². The van der Waals surface area contributed by atoms with Gasteiger partial charge in [-0.2, -0.15) is 0 Å². The van der Waals surface area contributed by atoms with Gasteiger partial charge in [-0.3, -0.25) is 4.79 Å². The van der Waals surface area contributed by atoms with Gasteiger partial charge in [-0.15, -0.1) is 0 Å². The number of halogens is 1. The van der Waals surface area contributed by atoms with Crippen molar-refractivity contribution in [2.24, 2.45) is 0 Å². The van der Waals surface area contributed by atoms with Gasteiger partial charge in [-0.1, -0.05) is 6.07 Å². The van der Waals surface area contributed by atoms with E-state index in [1.54, 1.807) is 0 Å². The molecule has 19 heavy (non-hydrogen) atoms. The topological polar surface area (TPSA) is 55.0 Å². The highest BCUT2D eigenvalue weighted by Crippen LogP contribution is 2.28. The monoisotopic (exact) mass is 368 g/mol. The number of rotatable bonds is 2. The van der Waals surface area contributed by atoms with E-state index in [1.807, 2.05) is 28.7 Å². The third-order valence-corrected chi connectivity index (χ3v) is 4.25. The quantitative estimate of drug-likeness (QED) is 0.830. The second-order valence-electron chi connectivity index (χ2n) is 4.59. The first-order chi connectivity index (χ1) is 9.24. The summed E-state index contributed by atoms with van der Waals surface area (Å²) in [6, 6.07) is 6.13. The molecule has 0 atom stereocenters. The lowest BCUT2D eigenvalue weighted by atomic mass is 9.92. The molecular formula is C14H13IN2O2. The molecule has 0 spiro atoms. The van der Waals surface area contributed by atoms with Crippen molar-refractivity contribution in [2.45, 2.75) is 25.7 Å². The molecule has 0 fully saturated rings.